The van der Waals surface area contributed by atoms with Gasteiger partial charge in [-0.2, -0.15) is 17.5 Å². The Morgan fingerprint density at radius 1 is 1.14 bits per heavy atom. The van der Waals surface area contributed by atoms with Crippen LogP contribution in [-0.2, 0) is 12.7 Å². The van der Waals surface area contributed by atoms with Crippen molar-refractivity contribution in [2.45, 2.75) is 12.7 Å². The highest BCUT2D eigenvalue weighted by Crippen LogP contribution is 2.31. The summed E-state index contributed by atoms with van der Waals surface area (Å²) in [6.45, 7) is 0.485. The fourth-order valence-electron chi connectivity index (χ4n) is 2.20. The molecule has 0 unspecified atom stereocenters. The highest BCUT2D eigenvalue weighted by Gasteiger charge is 2.29. The average Bonchev–Trinajstić information content (AvgIpc) is 2.91. The predicted molar refractivity (Wildman–Crippen MR) is 81.0 cm³/mol. The summed E-state index contributed by atoms with van der Waals surface area (Å²) in [6.07, 6.45) is -0.850. The van der Waals surface area contributed by atoms with E-state index in [1.807, 2.05) is 18.0 Å². The van der Waals surface area contributed by atoms with Crippen LogP contribution in [0.2, 0.25) is 0 Å². The van der Waals surface area contributed by atoms with Crippen LogP contribution in [0.5, 0.6) is 0 Å². The van der Waals surface area contributed by atoms with Gasteiger partial charge in [0.05, 0.1) is 10.3 Å². The number of halogens is 3. The summed E-state index contributed by atoms with van der Waals surface area (Å²) in [4.78, 5) is 5.97. The number of anilines is 1. The van der Waals surface area contributed by atoms with Gasteiger partial charge in [-0.15, -0.1) is 0 Å². The number of nitrogens with zero attached hydrogens (tertiary/aromatic N) is 3. The zero-order valence-electron chi connectivity index (χ0n) is 11.6. The van der Waals surface area contributed by atoms with Crippen molar-refractivity contribution in [3.05, 3.63) is 53.9 Å². The standard InChI is InChI=1S/C15H12F3N3S/c1-21(14-12-6-7-19-8-13(12)22-20-14)9-10-2-4-11(5-3-10)15(16,17)18/h2-8H,9H2,1H3. The first kappa shape index (κ1) is 14.8. The second-order valence-corrected chi connectivity index (χ2v) is 5.73. The van der Waals surface area contributed by atoms with Crippen molar-refractivity contribution < 1.29 is 13.2 Å². The van der Waals surface area contributed by atoms with Crippen LogP contribution >= 0.6 is 11.5 Å². The molecular formula is C15H12F3N3S. The summed E-state index contributed by atoms with van der Waals surface area (Å²) >= 11 is 1.36. The van der Waals surface area contributed by atoms with Gasteiger partial charge in [-0.1, -0.05) is 12.1 Å². The third kappa shape index (κ3) is 2.89. The van der Waals surface area contributed by atoms with Crippen molar-refractivity contribution in [2.75, 3.05) is 11.9 Å². The molecule has 0 saturated heterocycles. The third-order valence-electron chi connectivity index (χ3n) is 3.32. The molecule has 0 N–H and O–H groups in total. The SMILES string of the molecule is CN(Cc1ccc(C(F)(F)F)cc1)c1nsc2cnccc12. The fraction of sp³-hybridized carbons (Fsp3) is 0.200. The summed E-state index contributed by atoms with van der Waals surface area (Å²) in [6, 6.07) is 7.08. The molecule has 2 aromatic heterocycles. The summed E-state index contributed by atoms with van der Waals surface area (Å²) in [5, 5.41) is 0.995. The van der Waals surface area contributed by atoms with E-state index in [9.17, 15) is 13.2 Å². The number of rotatable bonds is 3. The molecule has 2 heterocycles. The second kappa shape index (κ2) is 5.57. The molecule has 0 aliphatic rings. The maximum absolute atomic E-state index is 12.6. The molecule has 7 heteroatoms. The van der Waals surface area contributed by atoms with Gasteiger partial charge >= 0.3 is 6.18 Å². The Morgan fingerprint density at radius 3 is 2.55 bits per heavy atom. The Kier molecular flexibility index (Phi) is 3.74. The normalized spacial score (nSPS) is 11.8. The smallest absolute Gasteiger partial charge is 0.354 e. The van der Waals surface area contributed by atoms with Crippen LogP contribution in [0, 0.1) is 0 Å². The topological polar surface area (TPSA) is 29.0 Å². The van der Waals surface area contributed by atoms with Crippen LogP contribution in [0.15, 0.2) is 42.7 Å². The van der Waals surface area contributed by atoms with Crippen molar-refractivity contribution >= 4 is 27.4 Å². The Bertz CT molecular complexity index is 781. The average molecular weight is 323 g/mol. The first-order valence-corrected chi connectivity index (χ1v) is 7.29. The predicted octanol–water partition coefficient (Wildman–Crippen LogP) is 4.35. The van der Waals surface area contributed by atoms with Gasteiger partial charge in [0.15, 0.2) is 0 Å². The maximum Gasteiger partial charge on any atom is 0.416 e. The molecule has 0 bridgehead atoms. The number of fused-ring (bicyclic) bond motifs is 1. The zero-order chi connectivity index (χ0) is 15.7. The van der Waals surface area contributed by atoms with Crippen LogP contribution in [-0.4, -0.2) is 16.4 Å². The largest absolute Gasteiger partial charge is 0.416 e. The molecule has 0 atom stereocenters. The van der Waals surface area contributed by atoms with Crippen molar-refractivity contribution in [1.82, 2.24) is 9.36 Å². The highest BCUT2D eigenvalue weighted by molar-refractivity contribution is 7.13. The Hall–Kier alpha value is -2.15. The van der Waals surface area contributed by atoms with Gasteiger partial charge in [-0.3, -0.25) is 4.98 Å². The number of alkyl halides is 3. The zero-order valence-corrected chi connectivity index (χ0v) is 12.4. The molecule has 0 radical (unpaired) electrons. The van der Waals surface area contributed by atoms with Crippen molar-refractivity contribution in [3.8, 4) is 0 Å². The maximum atomic E-state index is 12.6. The minimum absolute atomic E-state index is 0.485. The Morgan fingerprint density at radius 2 is 1.86 bits per heavy atom. The van der Waals surface area contributed by atoms with Gasteiger partial charge in [0, 0.05) is 31.4 Å². The van der Waals surface area contributed by atoms with Gasteiger partial charge in [0.1, 0.15) is 5.82 Å². The van der Waals surface area contributed by atoms with Gasteiger partial charge in [-0.05, 0) is 35.3 Å². The van der Waals surface area contributed by atoms with E-state index in [1.165, 1.54) is 23.7 Å². The molecule has 3 rings (SSSR count). The quantitative estimate of drug-likeness (QED) is 0.718. The second-order valence-electron chi connectivity index (χ2n) is 4.93. The Balaban J connectivity index is 1.81. The van der Waals surface area contributed by atoms with Crippen molar-refractivity contribution in [3.63, 3.8) is 0 Å². The van der Waals surface area contributed by atoms with Gasteiger partial charge in [-0.25, -0.2) is 0 Å². The highest BCUT2D eigenvalue weighted by atomic mass is 32.1. The summed E-state index contributed by atoms with van der Waals surface area (Å²) in [5.41, 5.74) is 0.162. The molecule has 0 fully saturated rings. The lowest BCUT2D eigenvalue weighted by Crippen LogP contribution is -2.17. The van der Waals surface area contributed by atoms with Crippen LogP contribution in [0.25, 0.3) is 10.1 Å². The van der Waals surface area contributed by atoms with Crippen LogP contribution < -0.4 is 4.90 Å². The molecule has 1 aromatic carbocycles. The van der Waals surface area contributed by atoms with E-state index in [4.69, 9.17) is 0 Å². The Labute approximate surface area is 129 Å². The molecule has 0 amide bonds. The van der Waals surface area contributed by atoms with E-state index in [1.54, 1.807) is 12.4 Å². The van der Waals surface area contributed by atoms with Crippen LogP contribution in [0.3, 0.4) is 0 Å². The molecule has 0 saturated carbocycles. The first-order chi connectivity index (χ1) is 10.4. The van der Waals surface area contributed by atoms with Gasteiger partial charge in [0.2, 0.25) is 0 Å². The monoisotopic (exact) mass is 323 g/mol. The molecule has 0 spiro atoms. The van der Waals surface area contributed by atoms with E-state index in [2.05, 4.69) is 9.36 Å². The first-order valence-electron chi connectivity index (χ1n) is 6.52. The lowest BCUT2D eigenvalue weighted by atomic mass is 10.1. The molecule has 0 aliphatic heterocycles. The number of aromatic nitrogens is 2. The van der Waals surface area contributed by atoms with Gasteiger partial charge in [0.25, 0.3) is 0 Å². The molecule has 3 aromatic rings. The lowest BCUT2D eigenvalue weighted by Gasteiger charge is -2.17. The molecular weight excluding hydrogens is 311 g/mol. The number of hydrogen-bond donors (Lipinski definition) is 0. The third-order valence-corrected chi connectivity index (χ3v) is 4.10. The summed E-state index contributed by atoms with van der Waals surface area (Å²) in [5.74, 6) is 0.808. The molecule has 0 aliphatic carbocycles. The number of pyridine rings is 1. The molecule has 114 valence electrons. The minimum Gasteiger partial charge on any atom is -0.354 e. The van der Waals surface area contributed by atoms with E-state index in [-0.39, 0.29) is 0 Å². The van der Waals surface area contributed by atoms with Crippen LogP contribution in [0.1, 0.15) is 11.1 Å². The van der Waals surface area contributed by atoms with Crippen LogP contribution in [0.4, 0.5) is 19.0 Å². The van der Waals surface area contributed by atoms with E-state index in [0.717, 1.165) is 33.6 Å². The number of hydrogen-bond acceptors (Lipinski definition) is 4. The van der Waals surface area contributed by atoms with E-state index >= 15 is 0 Å². The van der Waals surface area contributed by atoms with E-state index < -0.39 is 11.7 Å². The fourth-order valence-corrected chi connectivity index (χ4v) is 2.99. The minimum atomic E-state index is -4.30. The summed E-state index contributed by atoms with van der Waals surface area (Å²) < 4.78 is 43.0. The molecule has 22 heavy (non-hydrogen) atoms. The van der Waals surface area contributed by atoms with Crippen molar-refractivity contribution in [1.29, 1.82) is 0 Å². The molecule has 3 nitrogen and oxygen atoms in total. The van der Waals surface area contributed by atoms with Crippen molar-refractivity contribution in [2.24, 2.45) is 0 Å². The van der Waals surface area contributed by atoms with E-state index in [0.29, 0.717) is 6.54 Å². The van der Waals surface area contributed by atoms with Gasteiger partial charge < -0.3 is 4.90 Å². The lowest BCUT2D eigenvalue weighted by molar-refractivity contribution is -0.137. The summed E-state index contributed by atoms with van der Waals surface area (Å²) in [7, 11) is 1.87. The number of benzene rings is 1.